The normalized spacial score (nSPS) is 11.9. The van der Waals surface area contributed by atoms with E-state index in [1.165, 1.54) is 0 Å². The average molecular weight is 213 g/mol. The largest absolute Gasteiger partial charge is 0.381 e. The first kappa shape index (κ1) is 11.4. The molecule has 3 N–H and O–H groups in total. The van der Waals surface area contributed by atoms with Crippen molar-refractivity contribution >= 4 is 11.5 Å². The lowest BCUT2D eigenvalue weighted by molar-refractivity contribution is 0.224. The number of hydrogen-bond donors (Lipinski definition) is 2. The highest BCUT2D eigenvalue weighted by Crippen LogP contribution is 2.15. The fourth-order valence-corrected chi connectivity index (χ4v) is 1.11. The Morgan fingerprint density at radius 2 is 2.07 bits per heavy atom. The molecule has 15 heavy (non-hydrogen) atoms. The van der Waals surface area contributed by atoms with Crippen molar-refractivity contribution in [3.8, 4) is 0 Å². The van der Waals surface area contributed by atoms with Crippen LogP contribution in [0.1, 0.15) is 11.1 Å². The summed E-state index contributed by atoms with van der Waals surface area (Å²) < 4.78 is 24.0. The van der Waals surface area contributed by atoms with Gasteiger partial charge in [-0.05, 0) is 25.5 Å². The van der Waals surface area contributed by atoms with Gasteiger partial charge in [-0.2, -0.15) is 5.10 Å². The van der Waals surface area contributed by atoms with Crippen LogP contribution >= 0.6 is 0 Å². The molecule has 0 amide bonds. The molecule has 0 heterocycles. The van der Waals surface area contributed by atoms with Crippen molar-refractivity contribution in [3.63, 3.8) is 0 Å². The topological polar surface area (TPSA) is 50.4 Å². The van der Waals surface area contributed by atoms with Crippen molar-refractivity contribution in [1.29, 1.82) is 0 Å². The standard InChI is InChI=1S/C10H13F2N3/c1-6-3-4-8(7(2)5-6)14-15-10(13)9(11)12/h3-5,9,14H,1-2H3,(H2,13,15). The number of amidine groups is 1. The number of aryl methyl sites for hydroxylation is 2. The number of nitrogens with two attached hydrogens (primary N) is 1. The zero-order valence-electron chi connectivity index (χ0n) is 8.59. The Hall–Kier alpha value is -1.65. The number of alkyl halides is 2. The summed E-state index contributed by atoms with van der Waals surface area (Å²) in [7, 11) is 0. The van der Waals surface area contributed by atoms with Crippen LogP contribution in [-0.2, 0) is 0 Å². The van der Waals surface area contributed by atoms with Crippen LogP contribution in [0.25, 0.3) is 0 Å². The maximum atomic E-state index is 12.0. The fourth-order valence-electron chi connectivity index (χ4n) is 1.11. The van der Waals surface area contributed by atoms with E-state index >= 15 is 0 Å². The van der Waals surface area contributed by atoms with Gasteiger partial charge in [0.15, 0.2) is 5.84 Å². The molecule has 1 rings (SSSR count). The van der Waals surface area contributed by atoms with E-state index in [-0.39, 0.29) is 0 Å². The fraction of sp³-hybridized carbons (Fsp3) is 0.300. The molecule has 5 heteroatoms. The van der Waals surface area contributed by atoms with Gasteiger partial charge in [-0.15, -0.1) is 0 Å². The second-order valence-corrected chi connectivity index (χ2v) is 3.27. The molecule has 0 aliphatic carbocycles. The van der Waals surface area contributed by atoms with Gasteiger partial charge in [0.25, 0.3) is 6.43 Å². The van der Waals surface area contributed by atoms with Crippen LogP contribution in [0.2, 0.25) is 0 Å². The van der Waals surface area contributed by atoms with Crippen LogP contribution < -0.4 is 11.2 Å². The Kier molecular flexibility index (Phi) is 3.60. The maximum absolute atomic E-state index is 12.0. The Bertz CT molecular complexity index is 375. The van der Waals surface area contributed by atoms with Crippen LogP contribution in [0.15, 0.2) is 23.3 Å². The predicted octanol–water partition coefficient (Wildman–Crippen LogP) is 2.25. The van der Waals surface area contributed by atoms with E-state index < -0.39 is 12.3 Å². The van der Waals surface area contributed by atoms with Crippen molar-refractivity contribution in [1.82, 2.24) is 0 Å². The number of hydrogen-bond acceptors (Lipinski definition) is 2. The molecule has 3 nitrogen and oxygen atoms in total. The molecule has 0 aliphatic heterocycles. The molecule has 0 saturated carbocycles. The zero-order chi connectivity index (χ0) is 11.4. The van der Waals surface area contributed by atoms with Crippen molar-refractivity contribution in [3.05, 3.63) is 29.3 Å². The summed E-state index contributed by atoms with van der Waals surface area (Å²) in [5.41, 5.74) is 10.2. The predicted molar refractivity (Wildman–Crippen MR) is 57.2 cm³/mol. The number of anilines is 1. The summed E-state index contributed by atoms with van der Waals surface area (Å²) >= 11 is 0. The number of halogens is 2. The Morgan fingerprint density at radius 1 is 1.40 bits per heavy atom. The minimum atomic E-state index is -2.73. The first-order chi connectivity index (χ1) is 7.00. The molecule has 0 atom stereocenters. The average Bonchev–Trinajstić information content (AvgIpc) is 2.15. The number of benzene rings is 1. The molecule has 82 valence electrons. The molecule has 0 fully saturated rings. The van der Waals surface area contributed by atoms with Gasteiger partial charge in [0.05, 0.1) is 5.69 Å². The highest BCUT2D eigenvalue weighted by atomic mass is 19.3. The molecule has 0 aromatic heterocycles. The molecule has 0 saturated heterocycles. The molecule has 1 aromatic rings. The molecular formula is C10H13F2N3. The van der Waals surface area contributed by atoms with Gasteiger partial charge in [-0.1, -0.05) is 17.7 Å². The summed E-state index contributed by atoms with van der Waals surface area (Å²) in [4.78, 5) is 0. The monoisotopic (exact) mass is 213 g/mol. The molecule has 0 unspecified atom stereocenters. The third-order valence-corrected chi connectivity index (χ3v) is 1.91. The van der Waals surface area contributed by atoms with Crippen LogP contribution in [-0.4, -0.2) is 12.3 Å². The van der Waals surface area contributed by atoms with E-state index in [1.807, 2.05) is 26.0 Å². The van der Waals surface area contributed by atoms with Gasteiger partial charge in [-0.25, -0.2) is 8.78 Å². The number of nitrogens with one attached hydrogen (secondary N) is 1. The van der Waals surface area contributed by atoms with Gasteiger partial charge in [0.2, 0.25) is 0 Å². The van der Waals surface area contributed by atoms with E-state index in [0.29, 0.717) is 5.69 Å². The molecule has 0 aliphatic rings. The minimum Gasteiger partial charge on any atom is -0.381 e. The summed E-state index contributed by atoms with van der Waals surface area (Å²) in [6, 6.07) is 5.56. The lowest BCUT2D eigenvalue weighted by Crippen LogP contribution is -2.22. The van der Waals surface area contributed by atoms with Gasteiger partial charge >= 0.3 is 0 Å². The lowest BCUT2D eigenvalue weighted by atomic mass is 10.1. The smallest absolute Gasteiger partial charge is 0.296 e. The third-order valence-electron chi connectivity index (χ3n) is 1.91. The molecule has 0 spiro atoms. The Balaban J connectivity index is 2.78. The van der Waals surface area contributed by atoms with Crippen molar-refractivity contribution in [2.45, 2.75) is 20.3 Å². The van der Waals surface area contributed by atoms with E-state index in [0.717, 1.165) is 11.1 Å². The maximum Gasteiger partial charge on any atom is 0.296 e. The zero-order valence-corrected chi connectivity index (χ0v) is 8.59. The molecular weight excluding hydrogens is 200 g/mol. The highest BCUT2D eigenvalue weighted by Gasteiger charge is 2.07. The van der Waals surface area contributed by atoms with Gasteiger partial charge in [0.1, 0.15) is 0 Å². The van der Waals surface area contributed by atoms with Crippen LogP contribution in [0.4, 0.5) is 14.5 Å². The Labute approximate surface area is 87.0 Å². The summed E-state index contributed by atoms with van der Waals surface area (Å²) in [5, 5.41) is 3.38. The van der Waals surface area contributed by atoms with Crippen molar-refractivity contribution in [2.75, 3.05) is 5.43 Å². The SMILES string of the molecule is Cc1ccc(N/N=C(\N)C(F)F)c(C)c1. The van der Waals surface area contributed by atoms with Gasteiger partial charge in [0, 0.05) is 0 Å². The van der Waals surface area contributed by atoms with Crippen LogP contribution in [0.5, 0.6) is 0 Å². The van der Waals surface area contributed by atoms with E-state index in [2.05, 4.69) is 10.5 Å². The Morgan fingerprint density at radius 3 is 2.60 bits per heavy atom. The third kappa shape index (κ3) is 3.19. The number of rotatable bonds is 3. The molecule has 0 radical (unpaired) electrons. The second-order valence-electron chi connectivity index (χ2n) is 3.27. The summed E-state index contributed by atoms with van der Waals surface area (Å²) in [5.74, 6) is -0.713. The molecule has 0 bridgehead atoms. The van der Waals surface area contributed by atoms with Crippen LogP contribution in [0, 0.1) is 13.8 Å². The summed E-state index contributed by atoms with van der Waals surface area (Å²) in [6.45, 7) is 3.82. The number of nitrogens with zero attached hydrogens (tertiary/aromatic N) is 1. The minimum absolute atomic E-state index is 0.671. The second kappa shape index (κ2) is 4.72. The highest BCUT2D eigenvalue weighted by molar-refractivity contribution is 5.84. The van der Waals surface area contributed by atoms with E-state index in [9.17, 15) is 8.78 Å². The lowest BCUT2D eigenvalue weighted by Gasteiger charge is -2.06. The van der Waals surface area contributed by atoms with Crippen molar-refractivity contribution in [2.24, 2.45) is 10.8 Å². The van der Waals surface area contributed by atoms with Gasteiger partial charge in [-0.3, -0.25) is 5.43 Å². The van der Waals surface area contributed by atoms with Crippen molar-refractivity contribution < 1.29 is 8.78 Å². The molecule has 1 aromatic carbocycles. The first-order valence-electron chi connectivity index (χ1n) is 4.45. The van der Waals surface area contributed by atoms with E-state index in [1.54, 1.807) is 6.07 Å². The van der Waals surface area contributed by atoms with E-state index in [4.69, 9.17) is 5.73 Å². The first-order valence-corrected chi connectivity index (χ1v) is 4.45. The quantitative estimate of drug-likeness (QED) is 0.459. The number of hydrazone groups is 1. The van der Waals surface area contributed by atoms with Gasteiger partial charge < -0.3 is 5.73 Å². The summed E-state index contributed by atoms with van der Waals surface area (Å²) in [6.07, 6.45) is -2.73. The van der Waals surface area contributed by atoms with Crippen LogP contribution in [0.3, 0.4) is 0 Å².